The van der Waals surface area contributed by atoms with Crippen LogP contribution in [0.4, 0.5) is 0 Å². The van der Waals surface area contributed by atoms with Crippen LogP contribution in [0.5, 0.6) is 34.5 Å². The van der Waals surface area contributed by atoms with Gasteiger partial charge in [0.05, 0.1) is 41.5 Å². The first kappa shape index (κ1) is 38.4. The van der Waals surface area contributed by atoms with Gasteiger partial charge in [-0.15, -0.1) is 6.58 Å². The molecule has 0 spiro atoms. The summed E-state index contributed by atoms with van der Waals surface area (Å²) in [5, 5.41) is 9.13. The van der Waals surface area contributed by atoms with E-state index in [-0.39, 0.29) is 5.91 Å². The summed E-state index contributed by atoms with van der Waals surface area (Å²) in [4.78, 5) is 41.3. The van der Waals surface area contributed by atoms with Gasteiger partial charge in [0.25, 0.3) is 0 Å². The number of ether oxygens (including phenoxy) is 7. The molecule has 51 heavy (non-hydrogen) atoms. The number of aryl methyl sites for hydroxylation is 1. The van der Waals surface area contributed by atoms with Crippen molar-refractivity contribution >= 4 is 17.8 Å². The average molecular weight is 706 g/mol. The number of carbonyl (C=O) groups is 3. The summed E-state index contributed by atoms with van der Waals surface area (Å²) in [5.74, 6) is 0.176. The van der Waals surface area contributed by atoms with Crippen LogP contribution in [0.1, 0.15) is 60.8 Å². The predicted molar refractivity (Wildman–Crippen MR) is 189 cm³/mol. The SMILES string of the molecule is C=CCC(C(=O)N1CCCC[C@H]1C(=O)OC(CCc1ccc(OC)c(OC)c1)c1cccc(OCC(=O)O)c1)c1cc(OC)c(OC)c(OC)c1. The number of rotatable bonds is 18. The van der Waals surface area contributed by atoms with Crippen molar-refractivity contribution in [1.29, 1.82) is 0 Å². The number of hydrogen-bond acceptors (Lipinski definition) is 10. The Bertz CT molecular complexity index is 1650. The number of benzene rings is 3. The molecular weight excluding hydrogens is 658 g/mol. The summed E-state index contributed by atoms with van der Waals surface area (Å²) in [5.41, 5.74) is 2.19. The molecule has 3 atom stereocenters. The number of allylic oxidation sites excluding steroid dienone is 1. The summed E-state index contributed by atoms with van der Waals surface area (Å²) in [6.45, 7) is 3.75. The first-order valence-corrected chi connectivity index (χ1v) is 16.7. The standard InChI is InChI=1S/C39H47NO11/c1-7-11-29(27-22-34(47-4)37(49-6)35(23-27)48-5)38(43)40-19-9-8-14-30(40)39(44)51-31(26-12-10-13-28(21-26)50-24-36(41)42)17-15-25-16-18-32(45-2)33(20-25)46-3/h7,10,12-13,16,18,20-23,29-31H,1,8-9,11,14-15,17,19,24H2,2-6H3,(H,41,42)/t29?,30-,31?/m0/s1. The molecule has 0 aromatic heterocycles. The third-order valence-corrected chi connectivity index (χ3v) is 8.84. The Morgan fingerprint density at radius 2 is 1.57 bits per heavy atom. The Hall–Kier alpha value is -5.39. The number of piperidine rings is 1. The summed E-state index contributed by atoms with van der Waals surface area (Å²) < 4.78 is 39.1. The van der Waals surface area contributed by atoms with Crippen LogP contribution in [0, 0.1) is 0 Å². The smallest absolute Gasteiger partial charge is 0.341 e. The van der Waals surface area contributed by atoms with Gasteiger partial charge >= 0.3 is 11.9 Å². The molecule has 2 unspecified atom stereocenters. The van der Waals surface area contributed by atoms with E-state index in [0.29, 0.717) is 77.9 Å². The third kappa shape index (κ3) is 9.65. The highest BCUT2D eigenvalue weighted by Crippen LogP contribution is 2.42. The molecule has 1 aliphatic heterocycles. The van der Waals surface area contributed by atoms with Crippen molar-refractivity contribution in [2.24, 2.45) is 0 Å². The Morgan fingerprint density at radius 1 is 0.863 bits per heavy atom. The highest BCUT2D eigenvalue weighted by Gasteiger charge is 2.38. The van der Waals surface area contributed by atoms with Crippen LogP contribution < -0.4 is 28.4 Å². The summed E-state index contributed by atoms with van der Waals surface area (Å²) in [6.07, 6.45) is 4.05. The van der Waals surface area contributed by atoms with E-state index in [1.807, 2.05) is 18.2 Å². The van der Waals surface area contributed by atoms with E-state index in [1.54, 1.807) is 61.6 Å². The molecule has 0 radical (unpaired) electrons. The molecule has 1 fully saturated rings. The Kier molecular flexibility index (Phi) is 14.0. The van der Waals surface area contributed by atoms with E-state index in [0.717, 1.165) is 18.4 Å². The largest absolute Gasteiger partial charge is 0.493 e. The van der Waals surface area contributed by atoms with Gasteiger partial charge in [0.15, 0.2) is 29.6 Å². The molecule has 1 amide bonds. The van der Waals surface area contributed by atoms with E-state index in [9.17, 15) is 14.4 Å². The van der Waals surface area contributed by atoms with Gasteiger partial charge in [-0.05, 0) is 91.6 Å². The number of likely N-dealkylation sites (tertiary alicyclic amines) is 1. The quantitative estimate of drug-likeness (QED) is 0.120. The fraction of sp³-hybridized carbons (Fsp3) is 0.410. The van der Waals surface area contributed by atoms with Crippen LogP contribution in [-0.2, 0) is 25.5 Å². The van der Waals surface area contributed by atoms with E-state index in [2.05, 4.69) is 6.58 Å². The van der Waals surface area contributed by atoms with Crippen LogP contribution in [0.25, 0.3) is 0 Å². The minimum Gasteiger partial charge on any atom is -0.493 e. The molecule has 12 heteroatoms. The number of amides is 1. The number of nitrogens with zero attached hydrogens (tertiary/aromatic N) is 1. The number of aliphatic carboxylic acids is 1. The van der Waals surface area contributed by atoms with Crippen LogP contribution in [0.15, 0.2) is 67.3 Å². The predicted octanol–water partition coefficient (Wildman–Crippen LogP) is 6.15. The topological polar surface area (TPSA) is 139 Å². The first-order chi connectivity index (χ1) is 24.7. The second kappa shape index (κ2) is 18.6. The first-order valence-electron chi connectivity index (χ1n) is 16.7. The van der Waals surface area contributed by atoms with Gasteiger partial charge in [-0.2, -0.15) is 0 Å². The van der Waals surface area contributed by atoms with E-state index in [1.165, 1.54) is 21.3 Å². The molecule has 4 rings (SSSR count). The number of carbonyl (C=O) groups excluding carboxylic acids is 2. The van der Waals surface area contributed by atoms with Crippen molar-refractivity contribution in [3.8, 4) is 34.5 Å². The summed E-state index contributed by atoms with van der Waals surface area (Å²) in [7, 11) is 7.66. The zero-order valence-electron chi connectivity index (χ0n) is 29.8. The maximum atomic E-state index is 14.4. The maximum Gasteiger partial charge on any atom is 0.341 e. The molecule has 3 aromatic carbocycles. The lowest BCUT2D eigenvalue weighted by Crippen LogP contribution is -2.50. The minimum absolute atomic E-state index is 0.239. The minimum atomic E-state index is -1.11. The van der Waals surface area contributed by atoms with Crippen LogP contribution in [0.2, 0.25) is 0 Å². The monoisotopic (exact) mass is 705 g/mol. The second-order valence-corrected chi connectivity index (χ2v) is 12.0. The highest BCUT2D eigenvalue weighted by atomic mass is 16.5. The lowest BCUT2D eigenvalue weighted by Gasteiger charge is -2.37. The summed E-state index contributed by atoms with van der Waals surface area (Å²) >= 11 is 0. The van der Waals surface area contributed by atoms with E-state index >= 15 is 0 Å². The Morgan fingerprint density at radius 3 is 2.20 bits per heavy atom. The van der Waals surface area contributed by atoms with E-state index < -0.39 is 36.6 Å². The fourth-order valence-corrected chi connectivity index (χ4v) is 6.29. The molecule has 1 saturated heterocycles. The fourth-order valence-electron chi connectivity index (χ4n) is 6.29. The van der Waals surface area contributed by atoms with Crippen LogP contribution >= 0.6 is 0 Å². The molecule has 0 bridgehead atoms. The van der Waals surface area contributed by atoms with Gasteiger partial charge in [-0.25, -0.2) is 9.59 Å². The van der Waals surface area contributed by atoms with Gasteiger partial charge in [-0.1, -0.05) is 24.3 Å². The second-order valence-electron chi connectivity index (χ2n) is 12.0. The molecule has 1 N–H and O–H groups in total. The Labute approximate surface area is 298 Å². The summed E-state index contributed by atoms with van der Waals surface area (Å²) in [6, 6.07) is 15.1. The van der Waals surface area contributed by atoms with Gasteiger partial charge in [-0.3, -0.25) is 4.79 Å². The number of methoxy groups -OCH3 is 5. The molecule has 1 heterocycles. The third-order valence-electron chi connectivity index (χ3n) is 8.84. The lowest BCUT2D eigenvalue weighted by atomic mass is 9.91. The zero-order valence-corrected chi connectivity index (χ0v) is 29.8. The van der Waals surface area contributed by atoms with Crippen molar-refractivity contribution in [1.82, 2.24) is 4.90 Å². The van der Waals surface area contributed by atoms with Crippen molar-refractivity contribution in [3.05, 3.63) is 83.9 Å². The molecular formula is C39H47NO11. The number of carboxylic acid groups (broad SMARTS) is 1. The number of hydrogen-bond donors (Lipinski definition) is 1. The molecule has 1 aliphatic rings. The zero-order chi connectivity index (χ0) is 36.9. The number of esters is 1. The number of carboxylic acids is 1. The molecule has 0 saturated carbocycles. The molecule has 0 aliphatic carbocycles. The van der Waals surface area contributed by atoms with Gasteiger partial charge in [0.1, 0.15) is 17.9 Å². The molecule has 3 aromatic rings. The van der Waals surface area contributed by atoms with E-state index in [4.69, 9.17) is 38.3 Å². The molecule has 12 nitrogen and oxygen atoms in total. The average Bonchev–Trinajstić information content (AvgIpc) is 3.16. The van der Waals surface area contributed by atoms with Crippen LogP contribution in [-0.4, -0.2) is 82.6 Å². The highest BCUT2D eigenvalue weighted by molar-refractivity contribution is 5.89. The lowest BCUT2D eigenvalue weighted by molar-refractivity contribution is -0.162. The normalized spacial score (nSPS) is 15.2. The van der Waals surface area contributed by atoms with Gasteiger partial charge in [0.2, 0.25) is 11.7 Å². The molecule has 274 valence electrons. The van der Waals surface area contributed by atoms with Gasteiger partial charge < -0.3 is 43.2 Å². The maximum absolute atomic E-state index is 14.4. The van der Waals surface area contributed by atoms with Crippen LogP contribution in [0.3, 0.4) is 0 Å². The Balaban J connectivity index is 1.63. The van der Waals surface area contributed by atoms with Crippen molar-refractivity contribution in [2.75, 3.05) is 48.7 Å². The van der Waals surface area contributed by atoms with Crippen molar-refractivity contribution < 1.29 is 52.6 Å². The van der Waals surface area contributed by atoms with Gasteiger partial charge in [0, 0.05) is 6.54 Å². The van der Waals surface area contributed by atoms with Crippen molar-refractivity contribution in [2.45, 2.75) is 56.6 Å². The van der Waals surface area contributed by atoms with Crippen molar-refractivity contribution in [3.63, 3.8) is 0 Å².